The Morgan fingerprint density at radius 3 is 2.53 bits per heavy atom. The summed E-state index contributed by atoms with van der Waals surface area (Å²) in [5.41, 5.74) is 1.43. The van der Waals surface area contributed by atoms with E-state index >= 15 is 0 Å². The lowest BCUT2D eigenvalue weighted by atomic mass is 10.0. The minimum Gasteiger partial charge on any atom is -0.496 e. The van der Waals surface area contributed by atoms with E-state index in [-0.39, 0.29) is 23.7 Å². The summed E-state index contributed by atoms with van der Waals surface area (Å²) in [7, 11) is 3.12. The van der Waals surface area contributed by atoms with Crippen LogP contribution in [0.5, 0.6) is 5.75 Å². The standard InChI is InChI=1S/C27H25FN6O4/c1-16(29-2)26(36)33-25-27(37)34(22(14-32-25)21-13-30-9-8-23(21)38-3)15-17-10-19(12-31-11-17)24(35)18-4-6-20(28)7-5-18/h4-14,16,29H,15H2,1-3H3,(H,32,33,36). The molecule has 0 saturated carbocycles. The molecular formula is C27H25FN6O4. The maximum Gasteiger partial charge on any atom is 0.294 e. The average Bonchev–Trinajstić information content (AvgIpc) is 2.95. The predicted molar refractivity (Wildman–Crippen MR) is 139 cm³/mol. The molecule has 1 aromatic carbocycles. The predicted octanol–water partition coefficient (Wildman–Crippen LogP) is 2.67. The molecule has 1 unspecified atom stereocenters. The minimum atomic E-state index is -0.569. The van der Waals surface area contributed by atoms with E-state index in [0.29, 0.717) is 28.1 Å². The number of methoxy groups -OCH3 is 1. The third-order valence-corrected chi connectivity index (χ3v) is 5.90. The van der Waals surface area contributed by atoms with Gasteiger partial charge < -0.3 is 15.4 Å². The first-order chi connectivity index (χ1) is 18.3. The lowest BCUT2D eigenvalue weighted by Gasteiger charge is -2.17. The van der Waals surface area contributed by atoms with Crippen LogP contribution in [0.3, 0.4) is 0 Å². The van der Waals surface area contributed by atoms with Crippen molar-refractivity contribution in [3.05, 3.63) is 100 Å². The number of aromatic nitrogens is 4. The summed E-state index contributed by atoms with van der Waals surface area (Å²) in [5.74, 6) is -0.909. The van der Waals surface area contributed by atoms with Gasteiger partial charge in [-0.05, 0) is 55.9 Å². The first kappa shape index (κ1) is 26.3. The van der Waals surface area contributed by atoms with E-state index in [1.165, 1.54) is 54.5 Å². The van der Waals surface area contributed by atoms with Gasteiger partial charge in [-0.2, -0.15) is 0 Å². The number of hydrogen-bond acceptors (Lipinski definition) is 8. The molecule has 4 aromatic rings. The maximum absolute atomic E-state index is 13.6. The molecule has 11 heteroatoms. The fourth-order valence-corrected chi connectivity index (χ4v) is 3.70. The smallest absolute Gasteiger partial charge is 0.294 e. The fourth-order valence-electron chi connectivity index (χ4n) is 3.70. The third-order valence-electron chi connectivity index (χ3n) is 5.90. The monoisotopic (exact) mass is 516 g/mol. The van der Waals surface area contributed by atoms with E-state index in [0.717, 1.165) is 0 Å². The summed E-state index contributed by atoms with van der Waals surface area (Å²) in [6.07, 6.45) is 7.47. The molecule has 0 fully saturated rings. The van der Waals surface area contributed by atoms with E-state index < -0.39 is 23.3 Å². The maximum atomic E-state index is 13.6. The highest BCUT2D eigenvalue weighted by Crippen LogP contribution is 2.28. The molecule has 0 aliphatic heterocycles. The van der Waals surface area contributed by atoms with Gasteiger partial charge in [0.05, 0.1) is 37.2 Å². The van der Waals surface area contributed by atoms with Gasteiger partial charge in [-0.25, -0.2) is 9.37 Å². The molecule has 1 amide bonds. The lowest BCUT2D eigenvalue weighted by molar-refractivity contribution is -0.117. The molecule has 0 bridgehead atoms. The van der Waals surface area contributed by atoms with Gasteiger partial charge in [-0.1, -0.05) is 0 Å². The quantitative estimate of drug-likeness (QED) is 0.325. The Kier molecular flexibility index (Phi) is 7.97. The van der Waals surface area contributed by atoms with Crippen LogP contribution in [-0.4, -0.2) is 51.4 Å². The molecular weight excluding hydrogens is 491 g/mol. The molecule has 0 aliphatic carbocycles. The number of hydrogen-bond donors (Lipinski definition) is 2. The van der Waals surface area contributed by atoms with Crippen molar-refractivity contribution in [2.45, 2.75) is 19.5 Å². The molecule has 4 rings (SSSR count). The molecule has 2 N–H and O–H groups in total. The number of nitrogens with one attached hydrogen (secondary N) is 2. The van der Waals surface area contributed by atoms with Crippen molar-refractivity contribution in [2.75, 3.05) is 19.5 Å². The Labute approximate surface area is 217 Å². The van der Waals surface area contributed by atoms with E-state index in [1.807, 2.05) is 0 Å². The van der Waals surface area contributed by atoms with Crippen molar-refractivity contribution in [1.29, 1.82) is 0 Å². The van der Waals surface area contributed by atoms with Crippen LogP contribution < -0.4 is 20.9 Å². The molecule has 0 aliphatic rings. The summed E-state index contributed by atoms with van der Waals surface area (Å²) in [4.78, 5) is 51.5. The number of pyridine rings is 2. The van der Waals surface area contributed by atoms with Crippen LogP contribution in [0.4, 0.5) is 10.2 Å². The molecule has 3 heterocycles. The van der Waals surface area contributed by atoms with Gasteiger partial charge in [0.2, 0.25) is 5.91 Å². The zero-order chi connectivity index (χ0) is 27.2. The second-order valence-corrected chi connectivity index (χ2v) is 8.38. The van der Waals surface area contributed by atoms with Gasteiger partial charge in [-0.3, -0.25) is 28.9 Å². The number of amides is 1. The summed E-state index contributed by atoms with van der Waals surface area (Å²) in [6, 6.07) is 7.91. The normalized spacial score (nSPS) is 11.6. The van der Waals surface area contributed by atoms with Crippen LogP contribution in [0.2, 0.25) is 0 Å². The van der Waals surface area contributed by atoms with Crippen molar-refractivity contribution in [3.8, 4) is 17.0 Å². The Hall–Kier alpha value is -4.77. The highest BCUT2D eigenvalue weighted by atomic mass is 19.1. The minimum absolute atomic E-state index is 0.00325. The molecule has 0 radical (unpaired) electrons. The second-order valence-electron chi connectivity index (χ2n) is 8.38. The van der Waals surface area contributed by atoms with Crippen molar-refractivity contribution in [2.24, 2.45) is 0 Å². The number of benzene rings is 1. The van der Waals surface area contributed by atoms with E-state index in [4.69, 9.17) is 4.74 Å². The Bertz CT molecular complexity index is 1540. The summed E-state index contributed by atoms with van der Waals surface area (Å²) < 4.78 is 20.1. The average molecular weight is 517 g/mol. The fraction of sp³-hybridized carbons (Fsp3) is 0.185. The molecule has 10 nitrogen and oxygen atoms in total. The third kappa shape index (κ3) is 5.62. The summed E-state index contributed by atoms with van der Waals surface area (Å²) in [5, 5.41) is 5.37. The number of carbonyl (C=O) groups excluding carboxylic acids is 2. The van der Waals surface area contributed by atoms with Gasteiger partial charge in [0.1, 0.15) is 11.6 Å². The number of carbonyl (C=O) groups is 2. The van der Waals surface area contributed by atoms with E-state index in [9.17, 15) is 18.8 Å². The number of halogens is 1. The summed E-state index contributed by atoms with van der Waals surface area (Å²) in [6.45, 7) is 1.65. The van der Waals surface area contributed by atoms with Crippen molar-refractivity contribution >= 4 is 17.5 Å². The van der Waals surface area contributed by atoms with Crippen LogP contribution in [-0.2, 0) is 11.3 Å². The molecule has 0 saturated heterocycles. The van der Waals surface area contributed by atoms with Crippen LogP contribution in [0.15, 0.2) is 72.2 Å². The van der Waals surface area contributed by atoms with Crippen molar-refractivity contribution < 1.29 is 18.7 Å². The molecule has 0 spiro atoms. The number of nitrogens with zero attached hydrogens (tertiary/aromatic N) is 4. The summed E-state index contributed by atoms with van der Waals surface area (Å²) >= 11 is 0. The van der Waals surface area contributed by atoms with Crippen LogP contribution >= 0.6 is 0 Å². The van der Waals surface area contributed by atoms with Crippen molar-refractivity contribution in [1.82, 2.24) is 24.8 Å². The second kappa shape index (κ2) is 11.5. The van der Waals surface area contributed by atoms with Crippen LogP contribution in [0.25, 0.3) is 11.3 Å². The van der Waals surface area contributed by atoms with Gasteiger partial charge >= 0.3 is 0 Å². The van der Waals surface area contributed by atoms with Gasteiger partial charge in [0, 0.05) is 35.9 Å². The number of ether oxygens (including phenoxy) is 1. The molecule has 3 aromatic heterocycles. The molecule has 194 valence electrons. The molecule has 1 atom stereocenters. The van der Waals surface area contributed by atoms with Crippen LogP contribution in [0.1, 0.15) is 28.4 Å². The van der Waals surface area contributed by atoms with Gasteiger partial charge in [-0.15, -0.1) is 0 Å². The first-order valence-electron chi connectivity index (χ1n) is 11.6. The first-order valence-corrected chi connectivity index (χ1v) is 11.6. The highest BCUT2D eigenvalue weighted by molar-refractivity contribution is 6.08. The Morgan fingerprint density at radius 1 is 1.05 bits per heavy atom. The lowest BCUT2D eigenvalue weighted by Crippen LogP contribution is -2.38. The highest BCUT2D eigenvalue weighted by Gasteiger charge is 2.20. The van der Waals surface area contributed by atoms with Gasteiger partial charge in [0.25, 0.3) is 5.56 Å². The number of likely N-dealkylation sites (N-methyl/N-ethyl adjacent to an activating group) is 1. The van der Waals surface area contributed by atoms with E-state index in [2.05, 4.69) is 25.6 Å². The number of rotatable bonds is 9. The van der Waals surface area contributed by atoms with E-state index in [1.54, 1.807) is 38.5 Å². The van der Waals surface area contributed by atoms with Crippen LogP contribution in [0, 0.1) is 5.82 Å². The largest absolute Gasteiger partial charge is 0.496 e. The zero-order valence-corrected chi connectivity index (χ0v) is 20.9. The number of anilines is 1. The van der Waals surface area contributed by atoms with Crippen molar-refractivity contribution in [3.63, 3.8) is 0 Å². The molecule has 38 heavy (non-hydrogen) atoms. The zero-order valence-electron chi connectivity index (χ0n) is 20.9. The SMILES string of the molecule is CNC(C)C(=O)Nc1ncc(-c2cnccc2OC)n(Cc2cncc(C(=O)c3ccc(F)cc3)c2)c1=O. The number of ketones is 1. The topological polar surface area (TPSA) is 128 Å². The Balaban J connectivity index is 1.77. The van der Waals surface area contributed by atoms with Gasteiger partial charge in [0.15, 0.2) is 11.6 Å². The Morgan fingerprint density at radius 2 is 1.82 bits per heavy atom.